The highest BCUT2D eigenvalue weighted by Crippen LogP contribution is 2.26. The number of rotatable bonds is 4. The molecule has 0 aliphatic carbocycles. The molecule has 4 heterocycles. The molecule has 2 aliphatic heterocycles. The van der Waals surface area contributed by atoms with Gasteiger partial charge in [0.2, 0.25) is 0 Å². The van der Waals surface area contributed by atoms with E-state index in [9.17, 15) is 9.90 Å². The van der Waals surface area contributed by atoms with Crippen LogP contribution in [0.5, 0.6) is 0 Å². The SMILES string of the molecule is Cc1cc(C(=O)N2CCN(c3cc(N4CCCC4CO)ncn3)CC2)c(C)o1. The zero-order valence-electron chi connectivity index (χ0n) is 16.5. The van der Waals surface area contributed by atoms with E-state index < -0.39 is 0 Å². The molecule has 8 heteroatoms. The van der Waals surface area contributed by atoms with Gasteiger partial charge in [0.25, 0.3) is 5.91 Å². The molecule has 8 nitrogen and oxygen atoms in total. The van der Waals surface area contributed by atoms with Crippen LogP contribution in [0.15, 0.2) is 22.9 Å². The first-order chi connectivity index (χ1) is 13.6. The molecule has 2 aromatic rings. The molecule has 28 heavy (non-hydrogen) atoms. The van der Waals surface area contributed by atoms with E-state index >= 15 is 0 Å². The number of carbonyl (C=O) groups excluding carboxylic acids is 1. The van der Waals surface area contributed by atoms with Gasteiger partial charge in [-0.1, -0.05) is 0 Å². The summed E-state index contributed by atoms with van der Waals surface area (Å²) >= 11 is 0. The van der Waals surface area contributed by atoms with Gasteiger partial charge in [0.05, 0.1) is 18.2 Å². The standard InChI is InChI=1S/C20H27N5O3/c1-14-10-17(15(2)28-14)20(27)24-8-6-23(7-9-24)18-11-19(22-13-21-18)25-5-3-4-16(25)12-26/h10-11,13,16,26H,3-9,12H2,1-2H3. The Kier molecular flexibility index (Phi) is 5.21. The fourth-order valence-electron chi connectivity index (χ4n) is 4.15. The van der Waals surface area contributed by atoms with Crippen molar-refractivity contribution >= 4 is 17.5 Å². The monoisotopic (exact) mass is 385 g/mol. The van der Waals surface area contributed by atoms with Gasteiger partial charge in [-0.25, -0.2) is 9.97 Å². The molecule has 1 amide bonds. The zero-order valence-corrected chi connectivity index (χ0v) is 16.5. The molecule has 2 aliphatic rings. The maximum atomic E-state index is 12.8. The number of nitrogens with zero attached hydrogens (tertiary/aromatic N) is 5. The summed E-state index contributed by atoms with van der Waals surface area (Å²) in [6, 6.07) is 3.95. The van der Waals surface area contributed by atoms with Crippen LogP contribution in [0.25, 0.3) is 0 Å². The van der Waals surface area contributed by atoms with Crippen molar-refractivity contribution in [1.29, 1.82) is 0 Å². The number of hydrogen-bond acceptors (Lipinski definition) is 7. The second-order valence-corrected chi connectivity index (χ2v) is 7.51. The molecular formula is C20H27N5O3. The summed E-state index contributed by atoms with van der Waals surface area (Å²) in [5, 5.41) is 9.57. The van der Waals surface area contributed by atoms with Crippen LogP contribution in [0.3, 0.4) is 0 Å². The molecule has 2 aromatic heterocycles. The summed E-state index contributed by atoms with van der Waals surface area (Å²) in [5.41, 5.74) is 0.652. The van der Waals surface area contributed by atoms with Crippen LogP contribution in [0.4, 0.5) is 11.6 Å². The molecule has 0 bridgehead atoms. The van der Waals surface area contributed by atoms with E-state index in [0.29, 0.717) is 24.4 Å². The predicted molar refractivity (Wildman–Crippen MR) is 106 cm³/mol. The molecule has 0 radical (unpaired) electrons. The van der Waals surface area contributed by atoms with Gasteiger partial charge in [0, 0.05) is 38.8 Å². The molecule has 0 spiro atoms. The van der Waals surface area contributed by atoms with Gasteiger partial charge in [0.15, 0.2) is 0 Å². The van der Waals surface area contributed by atoms with Crippen LogP contribution in [0, 0.1) is 13.8 Å². The van der Waals surface area contributed by atoms with Gasteiger partial charge in [-0.2, -0.15) is 0 Å². The maximum absolute atomic E-state index is 12.8. The summed E-state index contributed by atoms with van der Waals surface area (Å²) in [4.78, 5) is 27.8. The third kappa shape index (κ3) is 3.56. The van der Waals surface area contributed by atoms with Crippen molar-refractivity contribution in [2.24, 2.45) is 0 Å². The Labute approximate surface area is 164 Å². The van der Waals surface area contributed by atoms with Gasteiger partial charge >= 0.3 is 0 Å². The van der Waals surface area contributed by atoms with Crippen molar-refractivity contribution in [1.82, 2.24) is 14.9 Å². The molecule has 1 atom stereocenters. The van der Waals surface area contributed by atoms with Gasteiger partial charge in [-0.15, -0.1) is 0 Å². The minimum atomic E-state index is 0.0280. The van der Waals surface area contributed by atoms with Crippen molar-refractivity contribution in [3.63, 3.8) is 0 Å². The molecule has 150 valence electrons. The Balaban J connectivity index is 1.42. The normalized spacial score (nSPS) is 20.1. The lowest BCUT2D eigenvalue weighted by atomic mass is 10.2. The number of piperazine rings is 1. The summed E-state index contributed by atoms with van der Waals surface area (Å²) in [5.74, 6) is 3.20. The molecule has 2 fully saturated rings. The summed E-state index contributed by atoms with van der Waals surface area (Å²) in [6.45, 7) is 7.48. The third-order valence-corrected chi connectivity index (χ3v) is 5.68. The smallest absolute Gasteiger partial charge is 0.257 e. The number of aryl methyl sites for hydroxylation is 2. The van der Waals surface area contributed by atoms with Crippen LogP contribution in [0.2, 0.25) is 0 Å². The first kappa shape index (κ1) is 18.7. The quantitative estimate of drug-likeness (QED) is 0.856. The molecular weight excluding hydrogens is 358 g/mol. The first-order valence-corrected chi connectivity index (χ1v) is 9.87. The lowest BCUT2D eigenvalue weighted by Gasteiger charge is -2.35. The molecule has 0 aromatic carbocycles. The summed E-state index contributed by atoms with van der Waals surface area (Å²) in [7, 11) is 0. The lowest BCUT2D eigenvalue weighted by Crippen LogP contribution is -2.49. The number of hydrogen-bond donors (Lipinski definition) is 1. The van der Waals surface area contributed by atoms with E-state index in [2.05, 4.69) is 19.8 Å². The highest BCUT2D eigenvalue weighted by atomic mass is 16.3. The van der Waals surface area contributed by atoms with Crippen molar-refractivity contribution in [2.45, 2.75) is 32.7 Å². The van der Waals surface area contributed by atoms with E-state index in [1.54, 1.807) is 6.33 Å². The number of furan rings is 1. The summed E-state index contributed by atoms with van der Waals surface area (Å²) in [6.07, 6.45) is 3.65. The minimum Gasteiger partial charge on any atom is -0.466 e. The second kappa shape index (κ2) is 7.79. The van der Waals surface area contributed by atoms with Crippen molar-refractivity contribution in [3.05, 3.63) is 35.5 Å². The lowest BCUT2D eigenvalue weighted by molar-refractivity contribution is 0.0744. The average Bonchev–Trinajstić information content (AvgIpc) is 3.33. The number of carbonyl (C=O) groups is 1. The Morgan fingerprint density at radius 1 is 1.14 bits per heavy atom. The molecule has 0 saturated carbocycles. The van der Waals surface area contributed by atoms with Crippen molar-refractivity contribution in [3.8, 4) is 0 Å². The molecule has 4 rings (SSSR count). The highest BCUT2D eigenvalue weighted by Gasteiger charge is 2.28. The fraction of sp³-hybridized carbons (Fsp3) is 0.550. The number of aliphatic hydroxyl groups excluding tert-OH is 1. The van der Waals surface area contributed by atoms with E-state index in [4.69, 9.17) is 4.42 Å². The number of aliphatic hydroxyl groups is 1. The summed E-state index contributed by atoms with van der Waals surface area (Å²) < 4.78 is 5.50. The highest BCUT2D eigenvalue weighted by molar-refractivity contribution is 5.95. The van der Waals surface area contributed by atoms with Crippen molar-refractivity contribution in [2.75, 3.05) is 49.1 Å². The molecule has 1 unspecified atom stereocenters. The van der Waals surface area contributed by atoms with Gasteiger partial charge in [-0.3, -0.25) is 4.79 Å². The van der Waals surface area contributed by atoms with Gasteiger partial charge in [0.1, 0.15) is 29.5 Å². The van der Waals surface area contributed by atoms with Gasteiger partial charge < -0.3 is 24.2 Å². The Bertz CT molecular complexity index is 844. The largest absolute Gasteiger partial charge is 0.466 e. The van der Waals surface area contributed by atoms with E-state index in [0.717, 1.165) is 49.9 Å². The van der Waals surface area contributed by atoms with E-state index in [-0.39, 0.29) is 18.6 Å². The molecule has 1 N–H and O–H groups in total. The molecule has 2 saturated heterocycles. The minimum absolute atomic E-state index is 0.0280. The average molecular weight is 385 g/mol. The predicted octanol–water partition coefficient (Wildman–Crippen LogP) is 1.61. The number of aromatic nitrogens is 2. The Morgan fingerprint density at radius 2 is 1.89 bits per heavy atom. The van der Waals surface area contributed by atoms with E-state index in [1.807, 2.05) is 30.9 Å². The first-order valence-electron chi connectivity index (χ1n) is 9.87. The zero-order chi connectivity index (χ0) is 19.7. The van der Waals surface area contributed by atoms with Crippen LogP contribution in [0.1, 0.15) is 34.7 Å². The van der Waals surface area contributed by atoms with E-state index in [1.165, 1.54) is 0 Å². The van der Waals surface area contributed by atoms with Crippen LogP contribution in [-0.4, -0.2) is 71.3 Å². The number of amides is 1. The Hall–Kier alpha value is -2.61. The Morgan fingerprint density at radius 3 is 2.57 bits per heavy atom. The van der Waals surface area contributed by atoms with Crippen LogP contribution < -0.4 is 9.80 Å². The van der Waals surface area contributed by atoms with Gasteiger partial charge in [-0.05, 0) is 32.8 Å². The maximum Gasteiger partial charge on any atom is 0.257 e. The van der Waals surface area contributed by atoms with Crippen molar-refractivity contribution < 1.29 is 14.3 Å². The topological polar surface area (TPSA) is 85.9 Å². The van der Waals surface area contributed by atoms with Crippen LogP contribution in [-0.2, 0) is 0 Å². The van der Waals surface area contributed by atoms with Crippen LogP contribution >= 0.6 is 0 Å². The second-order valence-electron chi connectivity index (χ2n) is 7.51. The number of anilines is 2. The fourth-order valence-corrected chi connectivity index (χ4v) is 4.15. The third-order valence-electron chi connectivity index (χ3n) is 5.68.